The van der Waals surface area contributed by atoms with Crippen molar-refractivity contribution in [3.8, 4) is 22.5 Å². The number of nitrogens with two attached hydrogens (primary N) is 1. The standard InChI is InChI=1S/C33H36ClN7O3/c1-20(42)36-28-13-14-30(34)29(18-28)25-4-2-3-22(15-25)16-26(17-31(43)23-7-5-21(19-35)6-8-23)33(44)37-27-11-9-24(10-12-27)32-38-40-41-39-32/h2-4,9-15,18,21,23,26H,5-8,16-17,19,35H2,1H3,(H,36,42)(H,37,44)(H,38,39,40,41)/t21?,23?,26-/m1/s1. The maximum atomic E-state index is 13.7. The molecule has 1 fully saturated rings. The first-order chi connectivity index (χ1) is 21.3. The molecule has 1 atom stereocenters. The van der Waals surface area contributed by atoms with Crippen molar-refractivity contribution in [1.82, 2.24) is 20.6 Å². The number of tetrazole rings is 1. The summed E-state index contributed by atoms with van der Waals surface area (Å²) in [6.07, 6.45) is 4.02. The second-order valence-corrected chi connectivity index (χ2v) is 11.8. The van der Waals surface area contributed by atoms with Gasteiger partial charge in [-0.15, -0.1) is 10.2 Å². The second-order valence-electron chi connectivity index (χ2n) is 11.4. The smallest absolute Gasteiger partial charge is 0.228 e. The summed E-state index contributed by atoms with van der Waals surface area (Å²) in [6, 6.07) is 20.3. The second kappa shape index (κ2) is 14.4. The number of nitrogens with one attached hydrogen (secondary N) is 3. The van der Waals surface area contributed by atoms with Gasteiger partial charge < -0.3 is 16.4 Å². The van der Waals surface area contributed by atoms with E-state index in [-0.39, 0.29) is 29.9 Å². The molecule has 1 aliphatic carbocycles. The number of hydrogen-bond donors (Lipinski definition) is 4. The first-order valence-corrected chi connectivity index (χ1v) is 15.2. The molecule has 1 saturated carbocycles. The first-order valence-electron chi connectivity index (χ1n) is 14.8. The molecule has 0 radical (unpaired) electrons. The number of anilines is 2. The van der Waals surface area contributed by atoms with Crippen molar-refractivity contribution in [2.75, 3.05) is 17.2 Å². The van der Waals surface area contributed by atoms with E-state index in [4.69, 9.17) is 17.3 Å². The normalized spacial score (nSPS) is 17.1. The number of aromatic amines is 1. The van der Waals surface area contributed by atoms with Crippen LogP contribution < -0.4 is 16.4 Å². The minimum atomic E-state index is -0.581. The Morgan fingerprint density at radius 2 is 1.70 bits per heavy atom. The number of hydrogen-bond acceptors (Lipinski definition) is 7. The molecule has 1 aliphatic rings. The maximum Gasteiger partial charge on any atom is 0.228 e. The van der Waals surface area contributed by atoms with E-state index in [1.807, 2.05) is 30.3 Å². The van der Waals surface area contributed by atoms with Gasteiger partial charge in [-0.3, -0.25) is 14.4 Å². The number of rotatable bonds is 11. The van der Waals surface area contributed by atoms with Crippen LogP contribution in [0, 0.1) is 17.8 Å². The summed E-state index contributed by atoms with van der Waals surface area (Å²) < 4.78 is 0. The summed E-state index contributed by atoms with van der Waals surface area (Å²) in [7, 11) is 0. The molecule has 4 aromatic rings. The first kappa shape index (κ1) is 31.0. The van der Waals surface area contributed by atoms with E-state index in [2.05, 4.69) is 31.3 Å². The fraction of sp³-hybridized carbons (Fsp3) is 0.333. The molecule has 0 saturated heterocycles. The molecule has 0 bridgehead atoms. The van der Waals surface area contributed by atoms with Crippen molar-refractivity contribution < 1.29 is 14.4 Å². The van der Waals surface area contributed by atoms with Crippen molar-refractivity contribution in [3.63, 3.8) is 0 Å². The van der Waals surface area contributed by atoms with Gasteiger partial charge in [-0.05, 0) is 103 Å². The number of amides is 2. The molecule has 1 heterocycles. The van der Waals surface area contributed by atoms with Gasteiger partial charge in [0.15, 0.2) is 0 Å². The lowest BCUT2D eigenvalue weighted by Crippen LogP contribution is -2.31. The van der Waals surface area contributed by atoms with E-state index in [1.165, 1.54) is 6.92 Å². The number of halogens is 1. The SMILES string of the molecule is CC(=O)Nc1ccc(Cl)c(-c2cccc(C[C@H](CC(=O)C3CCC(CN)CC3)C(=O)Nc3ccc(-c4nn[nH]n4)cc3)c2)c1. The van der Waals surface area contributed by atoms with E-state index in [0.717, 1.165) is 47.9 Å². The van der Waals surface area contributed by atoms with Gasteiger partial charge in [0, 0.05) is 52.7 Å². The minimum Gasteiger partial charge on any atom is -0.330 e. The minimum absolute atomic E-state index is 0.0519. The van der Waals surface area contributed by atoms with E-state index >= 15 is 0 Å². The molecule has 1 aromatic heterocycles. The summed E-state index contributed by atoms with van der Waals surface area (Å²) >= 11 is 6.54. The molecule has 11 heteroatoms. The molecule has 3 aromatic carbocycles. The van der Waals surface area contributed by atoms with Crippen LogP contribution in [-0.4, -0.2) is 44.8 Å². The molecule has 2 amide bonds. The number of benzene rings is 3. The average molecular weight is 614 g/mol. The predicted octanol–water partition coefficient (Wildman–Crippen LogP) is 5.67. The Kier molecular flexibility index (Phi) is 10.1. The number of H-pyrrole nitrogens is 1. The zero-order chi connectivity index (χ0) is 31.1. The monoisotopic (exact) mass is 613 g/mol. The van der Waals surface area contributed by atoms with Gasteiger partial charge in [0.1, 0.15) is 5.78 Å². The van der Waals surface area contributed by atoms with Crippen molar-refractivity contribution in [3.05, 3.63) is 77.3 Å². The molecule has 0 aliphatic heterocycles. The Hall–Kier alpha value is -4.41. The van der Waals surface area contributed by atoms with Crippen LogP contribution in [0.15, 0.2) is 66.7 Å². The third kappa shape index (κ3) is 7.94. The summed E-state index contributed by atoms with van der Waals surface area (Å²) in [6.45, 7) is 2.10. The molecule has 0 unspecified atom stereocenters. The Bertz CT molecular complexity index is 1600. The number of aromatic nitrogens is 4. The summed E-state index contributed by atoms with van der Waals surface area (Å²) in [4.78, 5) is 38.8. The third-order valence-electron chi connectivity index (χ3n) is 8.22. The summed E-state index contributed by atoms with van der Waals surface area (Å²) in [5.41, 5.74) is 10.4. The van der Waals surface area contributed by atoms with Crippen molar-refractivity contribution in [2.24, 2.45) is 23.5 Å². The Balaban J connectivity index is 1.36. The summed E-state index contributed by atoms with van der Waals surface area (Å²) in [5.74, 6) is 0.0109. The maximum absolute atomic E-state index is 13.7. The molecule has 10 nitrogen and oxygen atoms in total. The van der Waals surface area contributed by atoms with Crippen LogP contribution >= 0.6 is 11.6 Å². The topological polar surface area (TPSA) is 156 Å². The van der Waals surface area contributed by atoms with Crippen LogP contribution in [-0.2, 0) is 20.8 Å². The lowest BCUT2D eigenvalue weighted by atomic mass is 9.77. The van der Waals surface area contributed by atoms with Crippen LogP contribution in [0.25, 0.3) is 22.5 Å². The molecule has 5 rings (SSSR count). The highest BCUT2D eigenvalue weighted by molar-refractivity contribution is 6.33. The van der Waals surface area contributed by atoms with Crippen molar-refractivity contribution in [1.29, 1.82) is 0 Å². The van der Waals surface area contributed by atoms with Crippen LogP contribution in [0.1, 0.15) is 44.6 Å². The van der Waals surface area contributed by atoms with Gasteiger partial charge in [0.2, 0.25) is 17.6 Å². The van der Waals surface area contributed by atoms with Crippen molar-refractivity contribution in [2.45, 2.75) is 45.4 Å². The molecule has 228 valence electrons. The molecule has 44 heavy (non-hydrogen) atoms. The number of Topliss-reactive ketones (excluding diaryl/α,β-unsaturated/α-hetero) is 1. The van der Waals surface area contributed by atoms with Gasteiger partial charge in [-0.25, -0.2) is 0 Å². The molecule has 0 spiro atoms. The fourth-order valence-electron chi connectivity index (χ4n) is 5.80. The lowest BCUT2D eigenvalue weighted by Gasteiger charge is -2.27. The van der Waals surface area contributed by atoms with Gasteiger partial charge in [-0.2, -0.15) is 5.21 Å². The highest BCUT2D eigenvalue weighted by Gasteiger charge is 2.30. The average Bonchev–Trinajstić information content (AvgIpc) is 3.57. The predicted molar refractivity (Wildman–Crippen MR) is 171 cm³/mol. The third-order valence-corrected chi connectivity index (χ3v) is 8.55. The quantitative estimate of drug-likeness (QED) is 0.170. The van der Waals surface area contributed by atoms with Crippen LogP contribution in [0.5, 0.6) is 0 Å². The van der Waals surface area contributed by atoms with E-state index in [0.29, 0.717) is 41.1 Å². The number of ketones is 1. The largest absolute Gasteiger partial charge is 0.330 e. The number of nitrogens with zero attached hydrogens (tertiary/aromatic N) is 3. The Morgan fingerprint density at radius 1 is 0.955 bits per heavy atom. The van der Waals surface area contributed by atoms with Crippen LogP contribution in [0.3, 0.4) is 0 Å². The lowest BCUT2D eigenvalue weighted by molar-refractivity contribution is -0.129. The summed E-state index contributed by atoms with van der Waals surface area (Å²) in [5, 5.41) is 20.3. The highest BCUT2D eigenvalue weighted by atomic mass is 35.5. The Labute approximate surface area is 261 Å². The van der Waals surface area contributed by atoms with Crippen molar-refractivity contribution >= 4 is 40.6 Å². The van der Waals surface area contributed by atoms with E-state index < -0.39 is 5.92 Å². The van der Waals surface area contributed by atoms with Gasteiger partial charge >= 0.3 is 0 Å². The van der Waals surface area contributed by atoms with Gasteiger partial charge in [0.05, 0.1) is 0 Å². The van der Waals surface area contributed by atoms with E-state index in [9.17, 15) is 14.4 Å². The van der Waals surface area contributed by atoms with Crippen LogP contribution in [0.4, 0.5) is 11.4 Å². The van der Waals surface area contributed by atoms with Crippen LogP contribution in [0.2, 0.25) is 5.02 Å². The Morgan fingerprint density at radius 3 is 2.39 bits per heavy atom. The molecular weight excluding hydrogens is 578 g/mol. The molecular formula is C33H36ClN7O3. The highest BCUT2D eigenvalue weighted by Crippen LogP contribution is 2.33. The number of carbonyl (C=O) groups excluding carboxylic acids is 3. The van der Waals surface area contributed by atoms with Gasteiger partial charge in [-0.1, -0.05) is 35.9 Å². The van der Waals surface area contributed by atoms with Gasteiger partial charge in [0.25, 0.3) is 0 Å². The number of carbonyl (C=O) groups is 3. The molecule has 5 N–H and O–H groups in total. The zero-order valence-electron chi connectivity index (χ0n) is 24.6. The zero-order valence-corrected chi connectivity index (χ0v) is 25.3. The fourth-order valence-corrected chi connectivity index (χ4v) is 6.02. The van der Waals surface area contributed by atoms with E-state index in [1.54, 1.807) is 36.4 Å².